The van der Waals surface area contributed by atoms with Crippen LogP contribution in [0.5, 0.6) is 0 Å². The van der Waals surface area contributed by atoms with Crippen molar-refractivity contribution in [1.29, 1.82) is 0 Å². The van der Waals surface area contributed by atoms with E-state index in [0.29, 0.717) is 28.0 Å². The summed E-state index contributed by atoms with van der Waals surface area (Å²) in [5.41, 5.74) is 0.700. The number of rotatable bonds is 4. The molecule has 0 saturated carbocycles. The highest BCUT2D eigenvalue weighted by atomic mass is 35.5. The Balaban J connectivity index is 2.18. The van der Waals surface area contributed by atoms with E-state index < -0.39 is 5.97 Å². The number of carbonyl (C=O) groups is 1. The number of ether oxygens (including phenoxy) is 1. The zero-order chi connectivity index (χ0) is 14.5. The highest BCUT2D eigenvalue weighted by Gasteiger charge is 2.06. The number of carbonyl (C=O) groups excluding carboxylic acids is 1. The summed E-state index contributed by atoms with van der Waals surface area (Å²) in [5, 5.41) is 5.20. The van der Waals surface area contributed by atoms with Crippen LogP contribution in [0.3, 0.4) is 0 Å². The zero-order valence-electron chi connectivity index (χ0n) is 10.6. The molecule has 2 aromatic rings. The highest BCUT2D eigenvalue weighted by Crippen LogP contribution is 2.24. The average Bonchev–Trinajstić information content (AvgIpc) is 2.84. The van der Waals surface area contributed by atoms with Gasteiger partial charge in [-0.15, -0.1) is 5.10 Å². The van der Waals surface area contributed by atoms with Crippen molar-refractivity contribution < 1.29 is 9.53 Å². The van der Waals surface area contributed by atoms with Crippen LogP contribution < -0.4 is 0 Å². The molecule has 7 heteroatoms. The fourth-order valence-corrected chi connectivity index (χ4v) is 2.02. The fraction of sp³-hybridized carbons (Fsp3) is 0.154. The maximum absolute atomic E-state index is 11.2. The van der Waals surface area contributed by atoms with Crippen molar-refractivity contribution in [2.75, 3.05) is 6.61 Å². The molecule has 20 heavy (non-hydrogen) atoms. The lowest BCUT2D eigenvalue weighted by molar-refractivity contribution is -0.137. The van der Waals surface area contributed by atoms with Crippen molar-refractivity contribution in [2.45, 2.75) is 6.92 Å². The molecule has 0 atom stereocenters. The van der Waals surface area contributed by atoms with E-state index in [1.54, 1.807) is 25.1 Å². The number of hydrogen-bond acceptors (Lipinski definition) is 4. The van der Waals surface area contributed by atoms with Gasteiger partial charge in [-0.1, -0.05) is 23.2 Å². The molecule has 0 N–H and O–H groups in total. The molecule has 0 aliphatic carbocycles. The number of halogens is 2. The number of aromatic nitrogens is 3. The number of nitrogens with zero attached hydrogens (tertiary/aromatic N) is 3. The van der Waals surface area contributed by atoms with Gasteiger partial charge < -0.3 is 4.74 Å². The van der Waals surface area contributed by atoms with Gasteiger partial charge in [-0.25, -0.2) is 14.5 Å². The lowest BCUT2D eigenvalue weighted by Gasteiger charge is -1.98. The van der Waals surface area contributed by atoms with Gasteiger partial charge in [-0.2, -0.15) is 0 Å². The Morgan fingerprint density at radius 3 is 2.70 bits per heavy atom. The first kappa shape index (κ1) is 14.6. The molecule has 1 heterocycles. The Labute approximate surface area is 125 Å². The Kier molecular flexibility index (Phi) is 4.76. The van der Waals surface area contributed by atoms with Gasteiger partial charge in [-0.3, -0.25) is 0 Å². The second-order valence-corrected chi connectivity index (χ2v) is 4.65. The van der Waals surface area contributed by atoms with Gasteiger partial charge in [-0.05, 0) is 25.1 Å². The number of esters is 1. The summed E-state index contributed by atoms with van der Waals surface area (Å²) in [6.45, 7) is 2.06. The molecule has 0 bridgehead atoms. The molecular weight excluding hydrogens is 301 g/mol. The van der Waals surface area contributed by atoms with Gasteiger partial charge in [0.2, 0.25) is 0 Å². The third kappa shape index (κ3) is 3.82. The Morgan fingerprint density at radius 1 is 1.35 bits per heavy atom. The average molecular weight is 312 g/mol. The minimum atomic E-state index is -0.435. The summed E-state index contributed by atoms with van der Waals surface area (Å²) in [6, 6.07) is 5.05. The van der Waals surface area contributed by atoms with Gasteiger partial charge in [0.05, 0.1) is 6.61 Å². The van der Waals surface area contributed by atoms with Crippen molar-refractivity contribution in [3.63, 3.8) is 0 Å². The monoisotopic (exact) mass is 311 g/mol. The quantitative estimate of drug-likeness (QED) is 0.642. The predicted octanol–water partition coefficient (Wildman–Crippen LogP) is 3.29. The van der Waals surface area contributed by atoms with Crippen LogP contribution in [0.2, 0.25) is 10.0 Å². The van der Waals surface area contributed by atoms with Crippen LogP contribution in [0.4, 0.5) is 0 Å². The van der Waals surface area contributed by atoms with Crippen molar-refractivity contribution in [3.05, 3.63) is 40.6 Å². The van der Waals surface area contributed by atoms with Crippen molar-refractivity contribution in [2.24, 2.45) is 0 Å². The highest BCUT2D eigenvalue weighted by molar-refractivity contribution is 6.35. The molecule has 2 rings (SSSR count). The van der Waals surface area contributed by atoms with Gasteiger partial charge in [0.1, 0.15) is 6.33 Å². The van der Waals surface area contributed by atoms with E-state index in [0.717, 1.165) is 0 Å². The van der Waals surface area contributed by atoms with E-state index in [2.05, 4.69) is 10.1 Å². The molecular formula is C13H11Cl2N3O2. The molecule has 0 saturated heterocycles. The summed E-state index contributed by atoms with van der Waals surface area (Å²) >= 11 is 11.8. The zero-order valence-corrected chi connectivity index (χ0v) is 12.1. The van der Waals surface area contributed by atoms with E-state index in [1.165, 1.54) is 23.3 Å². The Hall–Kier alpha value is -1.85. The van der Waals surface area contributed by atoms with Crippen LogP contribution in [0.1, 0.15) is 6.92 Å². The molecule has 1 aromatic carbocycles. The van der Waals surface area contributed by atoms with Crippen LogP contribution in [-0.2, 0) is 9.53 Å². The molecule has 0 aliphatic heterocycles. The summed E-state index contributed by atoms with van der Waals surface area (Å²) in [4.78, 5) is 15.3. The van der Waals surface area contributed by atoms with Gasteiger partial charge >= 0.3 is 5.97 Å². The van der Waals surface area contributed by atoms with E-state index >= 15 is 0 Å². The Bertz CT molecular complexity index is 633. The fourth-order valence-electron chi connectivity index (χ4n) is 1.49. The summed E-state index contributed by atoms with van der Waals surface area (Å²) < 4.78 is 6.17. The predicted molar refractivity (Wildman–Crippen MR) is 77.4 cm³/mol. The van der Waals surface area contributed by atoms with Crippen molar-refractivity contribution in [3.8, 4) is 11.4 Å². The number of hydrogen-bond donors (Lipinski definition) is 0. The van der Waals surface area contributed by atoms with Crippen LogP contribution in [-0.4, -0.2) is 27.3 Å². The molecule has 0 spiro atoms. The second-order valence-electron chi connectivity index (χ2n) is 3.77. The minimum absolute atomic E-state index is 0.326. The van der Waals surface area contributed by atoms with Crippen LogP contribution >= 0.6 is 23.2 Å². The molecule has 5 nitrogen and oxygen atoms in total. The maximum atomic E-state index is 11.2. The normalized spacial score (nSPS) is 10.9. The first-order chi connectivity index (χ1) is 9.58. The molecule has 0 fully saturated rings. The van der Waals surface area contributed by atoms with Crippen molar-refractivity contribution in [1.82, 2.24) is 14.8 Å². The first-order valence-electron chi connectivity index (χ1n) is 5.81. The van der Waals surface area contributed by atoms with Crippen LogP contribution in [0, 0.1) is 0 Å². The van der Waals surface area contributed by atoms with Gasteiger partial charge in [0.25, 0.3) is 0 Å². The van der Waals surface area contributed by atoms with Crippen molar-refractivity contribution >= 4 is 35.4 Å². The van der Waals surface area contributed by atoms with E-state index in [-0.39, 0.29) is 0 Å². The largest absolute Gasteiger partial charge is 0.463 e. The lowest BCUT2D eigenvalue weighted by Crippen LogP contribution is -2.00. The Morgan fingerprint density at radius 2 is 2.05 bits per heavy atom. The lowest BCUT2D eigenvalue weighted by atomic mass is 10.2. The third-order valence-corrected chi connectivity index (χ3v) is 2.72. The summed E-state index contributed by atoms with van der Waals surface area (Å²) in [7, 11) is 0. The van der Waals surface area contributed by atoms with E-state index in [9.17, 15) is 4.79 Å². The topological polar surface area (TPSA) is 57.0 Å². The first-order valence-corrected chi connectivity index (χ1v) is 6.56. The van der Waals surface area contributed by atoms with Gasteiger partial charge in [0.15, 0.2) is 5.82 Å². The molecule has 0 unspecified atom stereocenters. The molecule has 104 valence electrons. The minimum Gasteiger partial charge on any atom is -0.463 e. The summed E-state index contributed by atoms with van der Waals surface area (Å²) in [6.07, 6.45) is 4.20. The third-order valence-electron chi connectivity index (χ3n) is 2.28. The number of benzene rings is 1. The molecule has 0 amide bonds. The smallest absolute Gasteiger partial charge is 0.332 e. The van der Waals surface area contributed by atoms with Crippen LogP contribution in [0.25, 0.3) is 17.6 Å². The van der Waals surface area contributed by atoms with Crippen LogP contribution in [0.15, 0.2) is 30.6 Å². The summed E-state index contributed by atoms with van der Waals surface area (Å²) in [5.74, 6) is 0.0262. The van der Waals surface area contributed by atoms with E-state index in [1.807, 2.05) is 0 Å². The second kappa shape index (κ2) is 6.54. The molecule has 0 aliphatic rings. The molecule has 0 radical (unpaired) electrons. The van der Waals surface area contributed by atoms with Gasteiger partial charge in [0, 0.05) is 27.9 Å². The SMILES string of the molecule is CCOC(=O)C=Cn1cnc(-c2cc(Cl)cc(Cl)c2)n1. The standard InChI is InChI=1S/C13H11Cl2N3O2/c1-2-20-12(19)3-4-18-8-16-13(17-18)9-5-10(14)7-11(15)6-9/h3-8H,2H2,1H3. The maximum Gasteiger partial charge on any atom is 0.332 e. The van der Waals surface area contributed by atoms with E-state index in [4.69, 9.17) is 27.9 Å². The molecule has 1 aromatic heterocycles.